The predicted octanol–water partition coefficient (Wildman–Crippen LogP) is 2.68. The van der Waals surface area contributed by atoms with E-state index < -0.39 is 0 Å². The van der Waals surface area contributed by atoms with Crippen molar-refractivity contribution in [2.75, 3.05) is 18.6 Å². The Morgan fingerprint density at radius 2 is 2.33 bits per heavy atom. The maximum Gasteiger partial charge on any atom is 0.0155 e. The van der Waals surface area contributed by atoms with Crippen LogP contribution in [0.1, 0.15) is 26.2 Å². The van der Waals surface area contributed by atoms with Gasteiger partial charge in [0.05, 0.1) is 0 Å². The summed E-state index contributed by atoms with van der Waals surface area (Å²) in [5.41, 5.74) is 0. The van der Waals surface area contributed by atoms with Crippen molar-refractivity contribution in [3.05, 3.63) is 12.7 Å². The molecule has 0 aliphatic carbocycles. The molecule has 0 saturated carbocycles. The summed E-state index contributed by atoms with van der Waals surface area (Å²) in [6, 6.07) is 0.699. The molecule has 0 aromatic heterocycles. The Labute approximate surface area is 81.0 Å². The third-order valence-corrected chi connectivity index (χ3v) is 2.61. The molecule has 0 fully saturated rings. The molecule has 2 heteroatoms. The fraction of sp³-hybridized carbons (Fsp3) is 0.800. The quantitative estimate of drug-likeness (QED) is 0.463. The summed E-state index contributed by atoms with van der Waals surface area (Å²) in [5.74, 6) is 1.23. The number of hydrogen-bond acceptors (Lipinski definition) is 2. The molecular weight excluding hydrogens is 166 g/mol. The van der Waals surface area contributed by atoms with Crippen molar-refractivity contribution in [3.8, 4) is 0 Å². The first-order chi connectivity index (χ1) is 5.85. The van der Waals surface area contributed by atoms with E-state index in [0.29, 0.717) is 6.04 Å². The van der Waals surface area contributed by atoms with Gasteiger partial charge in [0, 0.05) is 11.8 Å². The van der Waals surface area contributed by atoms with Crippen LogP contribution < -0.4 is 5.32 Å². The lowest BCUT2D eigenvalue weighted by atomic mass is 10.2. The van der Waals surface area contributed by atoms with Gasteiger partial charge in [-0.25, -0.2) is 0 Å². The molecule has 0 rings (SSSR count). The molecule has 0 heterocycles. The highest BCUT2D eigenvalue weighted by Gasteiger charge is 2.02. The molecule has 1 N–H and O–H groups in total. The Balaban J connectivity index is 3.24. The summed E-state index contributed by atoms with van der Waals surface area (Å²) in [6.45, 7) is 7.07. The van der Waals surface area contributed by atoms with Crippen LogP contribution >= 0.6 is 11.8 Å². The highest BCUT2D eigenvalue weighted by Crippen LogP contribution is 2.01. The van der Waals surface area contributed by atoms with Crippen LogP contribution in [0.3, 0.4) is 0 Å². The van der Waals surface area contributed by atoms with E-state index in [1.165, 1.54) is 18.6 Å². The third kappa shape index (κ3) is 6.74. The Morgan fingerprint density at radius 3 is 2.83 bits per heavy atom. The van der Waals surface area contributed by atoms with E-state index >= 15 is 0 Å². The highest BCUT2D eigenvalue weighted by atomic mass is 32.2. The van der Waals surface area contributed by atoms with Gasteiger partial charge in [0.2, 0.25) is 0 Å². The molecule has 1 nitrogen and oxygen atoms in total. The Morgan fingerprint density at radius 1 is 1.58 bits per heavy atom. The van der Waals surface area contributed by atoms with Gasteiger partial charge >= 0.3 is 0 Å². The van der Waals surface area contributed by atoms with Gasteiger partial charge in [0.1, 0.15) is 0 Å². The van der Waals surface area contributed by atoms with Gasteiger partial charge in [-0.2, -0.15) is 11.8 Å². The van der Waals surface area contributed by atoms with Crippen molar-refractivity contribution in [1.29, 1.82) is 0 Å². The summed E-state index contributed by atoms with van der Waals surface area (Å²) < 4.78 is 0. The van der Waals surface area contributed by atoms with Gasteiger partial charge in [0.25, 0.3) is 0 Å². The van der Waals surface area contributed by atoms with E-state index in [0.717, 1.165) is 13.0 Å². The monoisotopic (exact) mass is 187 g/mol. The number of thioether (sulfide) groups is 1. The smallest absolute Gasteiger partial charge is 0.0155 e. The molecule has 0 aliphatic heterocycles. The minimum Gasteiger partial charge on any atom is -0.313 e. The van der Waals surface area contributed by atoms with E-state index in [4.69, 9.17) is 0 Å². The molecule has 0 aromatic rings. The van der Waals surface area contributed by atoms with Crippen LogP contribution in [0.5, 0.6) is 0 Å². The normalized spacial score (nSPS) is 12.8. The lowest BCUT2D eigenvalue weighted by Crippen LogP contribution is -2.31. The zero-order valence-electron chi connectivity index (χ0n) is 8.31. The molecule has 72 valence electrons. The second-order valence-electron chi connectivity index (χ2n) is 2.95. The van der Waals surface area contributed by atoms with Crippen molar-refractivity contribution < 1.29 is 0 Å². The molecule has 0 aromatic carbocycles. The molecule has 0 spiro atoms. The van der Waals surface area contributed by atoms with Gasteiger partial charge in [-0.15, -0.1) is 6.58 Å². The maximum absolute atomic E-state index is 3.70. The van der Waals surface area contributed by atoms with Crippen molar-refractivity contribution in [1.82, 2.24) is 5.32 Å². The van der Waals surface area contributed by atoms with Crippen LogP contribution in [-0.2, 0) is 0 Å². The van der Waals surface area contributed by atoms with E-state index in [1.54, 1.807) is 0 Å². The van der Waals surface area contributed by atoms with Crippen LogP contribution in [0.25, 0.3) is 0 Å². The fourth-order valence-electron chi connectivity index (χ4n) is 1.07. The van der Waals surface area contributed by atoms with E-state index in [-0.39, 0.29) is 0 Å². The molecule has 1 atom stereocenters. The van der Waals surface area contributed by atoms with Crippen LogP contribution in [0.2, 0.25) is 0 Å². The van der Waals surface area contributed by atoms with Crippen LogP contribution in [-0.4, -0.2) is 24.6 Å². The number of unbranched alkanes of at least 4 members (excludes halogenated alkanes) is 1. The molecule has 0 radical (unpaired) electrons. The number of nitrogens with one attached hydrogen (secondary N) is 1. The molecule has 1 unspecified atom stereocenters. The lowest BCUT2D eigenvalue weighted by Gasteiger charge is -2.14. The Bertz CT molecular complexity index is 104. The van der Waals surface area contributed by atoms with Crippen LogP contribution in [0, 0.1) is 0 Å². The number of hydrogen-bond donors (Lipinski definition) is 1. The third-order valence-electron chi connectivity index (χ3n) is 1.88. The highest BCUT2D eigenvalue weighted by molar-refractivity contribution is 7.98. The molecule has 0 amide bonds. The van der Waals surface area contributed by atoms with Gasteiger partial charge in [0.15, 0.2) is 0 Å². The molecule has 12 heavy (non-hydrogen) atoms. The summed E-state index contributed by atoms with van der Waals surface area (Å²) in [5, 5.41) is 3.54. The van der Waals surface area contributed by atoms with Crippen molar-refractivity contribution >= 4 is 11.8 Å². The summed E-state index contributed by atoms with van der Waals surface area (Å²) in [6.07, 6.45) is 7.72. The molecule has 0 bridgehead atoms. The van der Waals surface area contributed by atoms with E-state index in [2.05, 4.69) is 25.1 Å². The van der Waals surface area contributed by atoms with E-state index in [9.17, 15) is 0 Å². The van der Waals surface area contributed by atoms with E-state index in [1.807, 2.05) is 17.8 Å². The average Bonchev–Trinajstić information content (AvgIpc) is 2.10. The molecule has 0 aliphatic rings. The SMILES string of the molecule is C=CCCCNC(CC)CSC. The van der Waals surface area contributed by atoms with Crippen LogP contribution in [0.15, 0.2) is 12.7 Å². The predicted molar refractivity (Wildman–Crippen MR) is 59.9 cm³/mol. The summed E-state index contributed by atoms with van der Waals surface area (Å²) >= 11 is 1.92. The minimum atomic E-state index is 0.699. The second kappa shape index (κ2) is 9.14. The van der Waals surface area contributed by atoms with Crippen LogP contribution in [0.4, 0.5) is 0 Å². The largest absolute Gasteiger partial charge is 0.313 e. The summed E-state index contributed by atoms with van der Waals surface area (Å²) in [4.78, 5) is 0. The topological polar surface area (TPSA) is 12.0 Å². The zero-order valence-corrected chi connectivity index (χ0v) is 9.12. The van der Waals surface area contributed by atoms with Gasteiger partial charge in [-0.1, -0.05) is 13.0 Å². The Kier molecular flexibility index (Phi) is 9.18. The lowest BCUT2D eigenvalue weighted by molar-refractivity contribution is 0.532. The average molecular weight is 187 g/mol. The van der Waals surface area contributed by atoms with Crippen molar-refractivity contribution in [2.45, 2.75) is 32.2 Å². The number of rotatable bonds is 8. The van der Waals surface area contributed by atoms with Gasteiger partial charge < -0.3 is 5.32 Å². The number of allylic oxidation sites excluding steroid dienone is 1. The minimum absolute atomic E-state index is 0.699. The van der Waals surface area contributed by atoms with Crippen molar-refractivity contribution in [3.63, 3.8) is 0 Å². The summed E-state index contributed by atoms with van der Waals surface area (Å²) in [7, 11) is 0. The first-order valence-electron chi connectivity index (χ1n) is 4.68. The second-order valence-corrected chi connectivity index (χ2v) is 3.86. The maximum atomic E-state index is 3.70. The fourth-order valence-corrected chi connectivity index (χ4v) is 1.83. The van der Waals surface area contributed by atoms with Gasteiger partial charge in [-0.05, 0) is 32.1 Å². The molecule has 0 saturated heterocycles. The van der Waals surface area contributed by atoms with Crippen molar-refractivity contribution in [2.24, 2.45) is 0 Å². The first kappa shape index (κ1) is 12.0. The Hall–Kier alpha value is 0.0500. The zero-order chi connectivity index (χ0) is 9.23. The standard InChI is InChI=1S/C10H21NS/c1-4-6-7-8-11-10(5-2)9-12-3/h4,10-11H,1,5-9H2,2-3H3. The van der Waals surface area contributed by atoms with Gasteiger partial charge in [-0.3, -0.25) is 0 Å². The first-order valence-corrected chi connectivity index (χ1v) is 6.07. The molecular formula is C10H21NS.